The van der Waals surface area contributed by atoms with Crippen molar-refractivity contribution in [3.63, 3.8) is 0 Å². The van der Waals surface area contributed by atoms with Gasteiger partial charge in [-0.2, -0.15) is 0 Å². The molecule has 1 N–H and O–H groups in total. The van der Waals surface area contributed by atoms with E-state index in [4.69, 9.17) is 4.98 Å². The quantitative estimate of drug-likeness (QED) is 0.637. The molecule has 4 rings (SSSR count). The number of hydrogen-bond acceptors (Lipinski definition) is 4. The van der Waals surface area contributed by atoms with Gasteiger partial charge in [0.2, 0.25) is 5.91 Å². The van der Waals surface area contributed by atoms with Crippen molar-refractivity contribution in [3.05, 3.63) is 54.4 Å². The Hall–Kier alpha value is -2.56. The van der Waals surface area contributed by atoms with Crippen LogP contribution in [0, 0.1) is 11.8 Å². The Balaban J connectivity index is 1.40. The Labute approximate surface area is 185 Å². The maximum Gasteiger partial charge on any atom is 0.223 e. The topological polar surface area (TPSA) is 67.8 Å². The lowest BCUT2D eigenvalue weighted by Gasteiger charge is -2.30. The summed E-state index contributed by atoms with van der Waals surface area (Å²) in [6, 6.07) is 4.08. The number of carbonyl (C=O) groups excluding carboxylic acids is 1. The van der Waals surface area contributed by atoms with Crippen molar-refractivity contribution in [1.29, 1.82) is 0 Å². The van der Waals surface area contributed by atoms with Crippen LogP contribution in [0.2, 0.25) is 0 Å². The summed E-state index contributed by atoms with van der Waals surface area (Å²) in [6.45, 7) is 5.10. The molecular formula is C26H34N4O. The van der Waals surface area contributed by atoms with Crippen molar-refractivity contribution in [1.82, 2.24) is 20.3 Å². The van der Waals surface area contributed by atoms with E-state index < -0.39 is 0 Å². The van der Waals surface area contributed by atoms with Gasteiger partial charge in [-0.1, -0.05) is 26.0 Å². The lowest BCUT2D eigenvalue weighted by molar-refractivity contribution is -0.125. The summed E-state index contributed by atoms with van der Waals surface area (Å²) >= 11 is 0. The SMILES string of the molecule is CC(C)c1ncc(-c2ccncc2)c(C2CCC(CNC(=O)[C@@H]3CC=CCC3)CC2)n1. The molecule has 0 spiro atoms. The summed E-state index contributed by atoms with van der Waals surface area (Å²) in [7, 11) is 0. The van der Waals surface area contributed by atoms with Gasteiger partial charge >= 0.3 is 0 Å². The van der Waals surface area contributed by atoms with E-state index in [9.17, 15) is 4.79 Å². The lowest BCUT2D eigenvalue weighted by atomic mass is 9.78. The van der Waals surface area contributed by atoms with E-state index in [1.54, 1.807) is 0 Å². The van der Waals surface area contributed by atoms with Gasteiger partial charge < -0.3 is 5.32 Å². The first kappa shape index (κ1) is 21.7. The molecule has 2 heterocycles. The molecule has 1 atom stereocenters. The first-order valence-corrected chi connectivity index (χ1v) is 11.8. The molecule has 0 unspecified atom stereocenters. The van der Waals surface area contributed by atoms with Crippen LogP contribution < -0.4 is 5.32 Å². The largest absolute Gasteiger partial charge is 0.356 e. The molecule has 2 aromatic heterocycles. The standard InChI is InChI=1S/C26H34N4O/c1-18(2)25-28-17-23(20-12-14-27-15-13-20)24(30-25)21-10-8-19(9-11-21)16-29-26(31)22-6-4-3-5-7-22/h3-4,12-15,17-19,21-22H,5-11,16H2,1-2H3,(H,29,31)/t19?,21?,22-/m1/s1. The van der Waals surface area contributed by atoms with Gasteiger partial charge in [-0.15, -0.1) is 0 Å². The highest BCUT2D eigenvalue weighted by Crippen LogP contribution is 2.39. The molecule has 5 heteroatoms. The maximum absolute atomic E-state index is 12.5. The molecule has 0 aromatic carbocycles. The molecule has 0 bridgehead atoms. The van der Waals surface area contributed by atoms with Crippen LogP contribution in [0.5, 0.6) is 0 Å². The minimum absolute atomic E-state index is 0.166. The van der Waals surface area contributed by atoms with Gasteiger partial charge in [-0.25, -0.2) is 9.97 Å². The Kier molecular flexibility index (Phi) is 7.10. The third kappa shape index (κ3) is 5.38. The molecule has 2 aliphatic rings. The number of pyridine rings is 1. The highest BCUT2D eigenvalue weighted by Gasteiger charge is 2.27. The van der Waals surface area contributed by atoms with Crippen LogP contribution in [0.4, 0.5) is 0 Å². The van der Waals surface area contributed by atoms with E-state index in [2.05, 4.69) is 41.3 Å². The van der Waals surface area contributed by atoms with Gasteiger partial charge in [-0.05, 0) is 68.6 Å². The number of rotatable bonds is 6. The van der Waals surface area contributed by atoms with Crippen LogP contribution in [-0.2, 0) is 4.79 Å². The monoisotopic (exact) mass is 418 g/mol. The van der Waals surface area contributed by atoms with E-state index in [1.165, 1.54) is 5.69 Å². The van der Waals surface area contributed by atoms with Crippen molar-refractivity contribution in [2.24, 2.45) is 11.8 Å². The van der Waals surface area contributed by atoms with Gasteiger partial charge in [0.05, 0.1) is 5.69 Å². The van der Waals surface area contributed by atoms with Crippen LogP contribution in [0.25, 0.3) is 11.1 Å². The zero-order valence-electron chi connectivity index (χ0n) is 18.8. The Morgan fingerprint density at radius 2 is 1.87 bits per heavy atom. The molecule has 31 heavy (non-hydrogen) atoms. The van der Waals surface area contributed by atoms with E-state index in [0.29, 0.717) is 17.8 Å². The predicted octanol–water partition coefficient (Wildman–Crippen LogP) is 5.41. The average Bonchev–Trinajstić information content (AvgIpc) is 2.83. The van der Waals surface area contributed by atoms with Crippen molar-refractivity contribution >= 4 is 5.91 Å². The molecule has 0 aliphatic heterocycles. The number of nitrogens with one attached hydrogen (secondary N) is 1. The van der Waals surface area contributed by atoms with E-state index in [-0.39, 0.29) is 11.8 Å². The fourth-order valence-corrected chi connectivity index (χ4v) is 4.81. The third-order valence-electron chi connectivity index (χ3n) is 6.78. The summed E-state index contributed by atoms with van der Waals surface area (Å²) in [5.41, 5.74) is 3.45. The second-order valence-corrected chi connectivity index (χ2v) is 9.36. The lowest BCUT2D eigenvalue weighted by Crippen LogP contribution is -2.35. The van der Waals surface area contributed by atoms with Crippen LogP contribution in [0.15, 0.2) is 42.9 Å². The number of aromatic nitrogens is 3. The number of amides is 1. The molecule has 1 saturated carbocycles. The molecule has 5 nitrogen and oxygen atoms in total. The van der Waals surface area contributed by atoms with E-state index in [1.807, 2.05) is 30.7 Å². The molecule has 164 valence electrons. The Morgan fingerprint density at radius 3 is 2.55 bits per heavy atom. The Bertz CT molecular complexity index is 901. The molecule has 1 fully saturated rings. The van der Waals surface area contributed by atoms with Crippen molar-refractivity contribution in [3.8, 4) is 11.1 Å². The summed E-state index contributed by atoms with van der Waals surface area (Å²) < 4.78 is 0. The first-order chi connectivity index (χ1) is 15.1. The van der Waals surface area contributed by atoms with Crippen LogP contribution >= 0.6 is 0 Å². The third-order valence-corrected chi connectivity index (χ3v) is 6.78. The molecular weight excluding hydrogens is 384 g/mol. The average molecular weight is 419 g/mol. The van der Waals surface area contributed by atoms with Gasteiger partial charge in [-0.3, -0.25) is 9.78 Å². The fourth-order valence-electron chi connectivity index (χ4n) is 4.81. The van der Waals surface area contributed by atoms with Crippen LogP contribution in [0.1, 0.15) is 82.1 Å². The summed E-state index contributed by atoms with van der Waals surface area (Å²) in [6.07, 6.45) is 17.4. The summed E-state index contributed by atoms with van der Waals surface area (Å²) in [5.74, 6) is 2.65. The molecule has 0 saturated heterocycles. The summed E-state index contributed by atoms with van der Waals surface area (Å²) in [4.78, 5) is 26.3. The van der Waals surface area contributed by atoms with Gasteiger partial charge in [0.1, 0.15) is 5.82 Å². The zero-order chi connectivity index (χ0) is 21.6. The first-order valence-electron chi connectivity index (χ1n) is 11.8. The van der Waals surface area contributed by atoms with Gasteiger partial charge in [0.15, 0.2) is 0 Å². The smallest absolute Gasteiger partial charge is 0.223 e. The number of carbonyl (C=O) groups is 1. The highest BCUT2D eigenvalue weighted by molar-refractivity contribution is 5.79. The van der Waals surface area contributed by atoms with Crippen LogP contribution in [-0.4, -0.2) is 27.4 Å². The van der Waals surface area contributed by atoms with Gasteiger partial charge in [0, 0.05) is 48.5 Å². The number of nitrogens with zero attached hydrogens (tertiary/aromatic N) is 3. The number of allylic oxidation sites excluding steroid dienone is 2. The summed E-state index contributed by atoms with van der Waals surface area (Å²) in [5, 5.41) is 3.23. The molecule has 0 radical (unpaired) electrons. The van der Waals surface area contributed by atoms with Gasteiger partial charge in [0.25, 0.3) is 0 Å². The zero-order valence-corrected chi connectivity index (χ0v) is 18.8. The van der Waals surface area contributed by atoms with Crippen molar-refractivity contribution in [2.45, 2.75) is 70.6 Å². The van der Waals surface area contributed by atoms with E-state index >= 15 is 0 Å². The normalized spacial score (nSPS) is 23.6. The second kappa shape index (κ2) is 10.2. The van der Waals surface area contributed by atoms with E-state index in [0.717, 1.165) is 68.4 Å². The predicted molar refractivity (Wildman–Crippen MR) is 124 cm³/mol. The van der Waals surface area contributed by atoms with Crippen LogP contribution in [0.3, 0.4) is 0 Å². The molecule has 2 aliphatic carbocycles. The highest BCUT2D eigenvalue weighted by atomic mass is 16.1. The van der Waals surface area contributed by atoms with Crippen molar-refractivity contribution in [2.75, 3.05) is 6.54 Å². The minimum Gasteiger partial charge on any atom is -0.356 e. The molecule has 2 aromatic rings. The minimum atomic E-state index is 0.166. The maximum atomic E-state index is 12.5. The number of hydrogen-bond donors (Lipinski definition) is 1. The second-order valence-electron chi connectivity index (χ2n) is 9.36. The Morgan fingerprint density at radius 1 is 1.10 bits per heavy atom. The fraction of sp³-hybridized carbons (Fsp3) is 0.538. The van der Waals surface area contributed by atoms with Crippen molar-refractivity contribution < 1.29 is 4.79 Å². The molecule has 1 amide bonds.